The SMILES string of the molecule is C[C@H](NC(=O)c1ccc2c(c1)CCCN2S(=O)(=O)c1ccc(Cl)cc1)c1ccc(Cl)cc1. The summed E-state index contributed by atoms with van der Waals surface area (Å²) in [5, 5.41) is 4.10. The Morgan fingerprint density at radius 1 is 0.969 bits per heavy atom. The number of hydrogen-bond acceptors (Lipinski definition) is 3. The standard InChI is InChI=1S/C24H22Cl2N2O3S/c1-16(17-4-7-20(25)8-5-17)27-24(29)19-6-13-23-18(15-19)3-2-14-28(23)32(30,31)22-11-9-21(26)10-12-22/h4-13,15-16H,2-3,14H2,1H3,(H,27,29)/t16-/m0/s1. The van der Waals surface area contributed by atoms with Crippen LogP contribution in [-0.2, 0) is 16.4 Å². The number of nitrogens with one attached hydrogen (secondary N) is 1. The molecule has 0 aliphatic carbocycles. The highest BCUT2D eigenvalue weighted by Crippen LogP contribution is 2.33. The van der Waals surface area contributed by atoms with Crippen molar-refractivity contribution in [1.29, 1.82) is 0 Å². The van der Waals surface area contributed by atoms with E-state index in [0.29, 0.717) is 40.7 Å². The monoisotopic (exact) mass is 488 g/mol. The Labute approximate surface area is 198 Å². The molecule has 0 fully saturated rings. The molecule has 0 unspecified atom stereocenters. The molecule has 32 heavy (non-hydrogen) atoms. The van der Waals surface area contributed by atoms with E-state index < -0.39 is 10.0 Å². The van der Waals surface area contributed by atoms with Gasteiger partial charge in [-0.2, -0.15) is 0 Å². The summed E-state index contributed by atoms with van der Waals surface area (Å²) in [5.41, 5.74) is 2.88. The Morgan fingerprint density at radius 2 is 1.59 bits per heavy atom. The van der Waals surface area contributed by atoms with Gasteiger partial charge in [0.05, 0.1) is 16.6 Å². The van der Waals surface area contributed by atoms with E-state index in [1.165, 1.54) is 16.4 Å². The molecule has 0 bridgehead atoms. The summed E-state index contributed by atoms with van der Waals surface area (Å²) in [6.07, 6.45) is 1.38. The van der Waals surface area contributed by atoms with Gasteiger partial charge < -0.3 is 5.32 Å². The second-order valence-electron chi connectivity index (χ2n) is 7.72. The smallest absolute Gasteiger partial charge is 0.264 e. The molecule has 1 N–H and O–H groups in total. The van der Waals surface area contributed by atoms with Crippen molar-refractivity contribution in [1.82, 2.24) is 5.32 Å². The molecular weight excluding hydrogens is 467 g/mol. The van der Waals surface area contributed by atoms with Gasteiger partial charge in [0.15, 0.2) is 0 Å². The molecule has 5 nitrogen and oxygen atoms in total. The van der Waals surface area contributed by atoms with E-state index in [0.717, 1.165) is 11.1 Å². The van der Waals surface area contributed by atoms with Gasteiger partial charge in [0.2, 0.25) is 0 Å². The molecule has 0 aromatic heterocycles. The number of fused-ring (bicyclic) bond motifs is 1. The van der Waals surface area contributed by atoms with E-state index in [1.54, 1.807) is 42.5 Å². The number of aryl methyl sites for hydroxylation is 1. The molecule has 1 aliphatic heterocycles. The van der Waals surface area contributed by atoms with Crippen molar-refractivity contribution < 1.29 is 13.2 Å². The van der Waals surface area contributed by atoms with Crippen molar-refractivity contribution >= 4 is 44.8 Å². The van der Waals surface area contributed by atoms with E-state index in [4.69, 9.17) is 23.2 Å². The lowest BCUT2D eigenvalue weighted by Gasteiger charge is -2.31. The third-order valence-electron chi connectivity index (χ3n) is 5.54. The summed E-state index contributed by atoms with van der Waals surface area (Å²) in [6, 6.07) is 18.4. The second-order valence-corrected chi connectivity index (χ2v) is 10.5. The van der Waals surface area contributed by atoms with Crippen molar-refractivity contribution in [2.75, 3.05) is 10.8 Å². The van der Waals surface area contributed by atoms with Crippen LogP contribution in [0.1, 0.15) is 40.9 Å². The molecule has 1 amide bonds. The van der Waals surface area contributed by atoms with Gasteiger partial charge in [-0.3, -0.25) is 9.10 Å². The molecule has 0 spiro atoms. The van der Waals surface area contributed by atoms with Gasteiger partial charge in [0.1, 0.15) is 0 Å². The van der Waals surface area contributed by atoms with Gasteiger partial charge in [-0.25, -0.2) is 8.42 Å². The first kappa shape index (κ1) is 22.6. The first-order valence-corrected chi connectivity index (χ1v) is 12.4. The van der Waals surface area contributed by atoms with Crippen molar-refractivity contribution in [3.8, 4) is 0 Å². The first-order valence-electron chi connectivity index (χ1n) is 10.2. The van der Waals surface area contributed by atoms with Crippen molar-refractivity contribution in [3.05, 3.63) is 93.5 Å². The fraction of sp³-hybridized carbons (Fsp3) is 0.208. The summed E-state index contributed by atoms with van der Waals surface area (Å²) in [7, 11) is -3.72. The normalized spacial score (nSPS) is 14.5. The summed E-state index contributed by atoms with van der Waals surface area (Å²) in [6.45, 7) is 2.29. The Morgan fingerprint density at radius 3 is 2.25 bits per heavy atom. The van der Waals surface area contributed by atoms with Crippen LogP contribution in [0.2, 0.25) is 10.0 Å². The third-order valence-corrected chi connectivity index (χ3v) is 7.87. The van der Waals surface area contributed by atoms with Crippen LogP contribution in [0.5, 0.6) is 0 Å². The lowest BCUT2D eigenvalue weighted by molar-refractivity contribution is 0.0940. The Kier molecular flexibility index (Phi) is 6.47. The molecule has 0 radical (unpaired) electrons. The molecular formula is C24H22Cl2N2O3S. The maximum absolute atomic E-state index is 13.2. The van der Waals surface area contributed by atoms with Gasteiger partial charge in [-0.15, -0.1) is 0 Å². The Balaban J connectivity index is 1.57. The van der Waals surface area contributed by atoms with E-state index >= 15 is 0 Å². The zero-order valence-electron chi connectivity index (χ0n) is 17.4. The molecule has 8 heteroatoms. The maximum Gasteiger partial charge on any atom is 0.264 e. The van der Waals surface area contributed by atoms with Crippen LogP contribution in [0.25, 0.3) is 0 Å². The average Bonchev–Trinajstić information content (AvgIpc) is 2.79. The summed E-state index contributed by atoms with van der Waals surface area (Å²) < 4.78 is 27.8. The van der Waals surface area contributed by atoms with Gasteiger partial charge in [0, 0.05) is 22.2 Å². The minimum atomic E-state index is -3.72. The fourth-order valence-electron chi connectivity index (χ4n) is 3.80. The second kappa shape index (κ2) is 9.14. The van der Waals surface area contributed by atoms with Crippen LogP contribution in [0.3, 0.4) is 0 Å². The number of hydrogen-bond donors (Lipinski definition) is 1. The summed E-state index contributed by atoms with van der Waals surface area (Å²) in [5.74, 6) is -0.215. The van der Waals surface area contributed by atoms with Crippen LogP contribution in [-0.4, -0.2) is 20.9 Å². The highest BCUT2D eigenvalue weighted by molar-refractivity contribution is 7.92. The predicted octanol–water partition coefficient (Wildman–Crippen LogP) is 5.63. The van der Waals surface area contributed by atoms with E-state index in [2.05, 4.69) is 5.32 Å². The highest BCUT2D eigenvalue weighted by Gasteiger charge is 2.29. The molecule has 4 rings (SSSR count). The largest absolute Gasteiger partial charge is 0.346 e. The molecule has 1 heterocycles. The van der Waals surface area contributed by atoms with Crippen molar-refractivity contribution in [2.24, 2.45) is 0 Å². The van der Waals surface area contributed by atoms with E-state index in [-0.39, 0.29) is 16.8 Å². The van der Waals surface area contributed by atoms with Gasteiger partial charge in [0.25, 0.3) is 15.9 Å². The van der Waals surface area contributed by atoms with Crippen LogP contribution in [0, 0.1) is 0 Å². The van der Waals surface area contributed by atoms with Crippen molar-refractivity contribution in [2.45, 2.75) is 30.7 Å². The lowest BCUT2D eigenvalue weighted by Crippen LogP contribution is -2.35. The number of nitrogens with zero attached hydrogens (tertiary/aromatic N) is 1. The lowest BCUT2D eigenvalue weighted by atomic mass is 10.00. The Hall–Kier alpha value is -2.54. The molecule has 3 aromatic rings. The minimum Gasteiger partial charge on any atom is -0.346 e. The van der Waals surface area contributed by atoms with Crippen molar-refractivity contribution in [3.63, 3.8) is 0 Å². The number of rotatable bonds is 5. The van der Waals surface area contributed by atoms with E-state index in [9.17, 15) is 13.2 Å². The first-order chi connectivity index (χ1) is 15.3. The molecule has 1 atom stereocenters. The molecule has 166 valence electrons. The van der Waals surface area contributed by atoms with Crippen LogP contribution >= 0.6 is 23.2 Å². The van der Waals surface area contributed by atoms with Gasteiger partial charge in [-0.05, 0) is 85.5 Å². The van der Waals surface area contributed by atoms with Crippen LogP contribution in [0.15, 0.2) is 71.6 Å². The zero-order valence-corrected chi connectivity index (χ0v) is 19.7. The average molecular weight is 489 g/mol. The van der Waals surface area contributed by atoms with Gasteiger partial charge in [-0.1, -0.05) is 35.3 Å². The summed E-state index contributed by atoms with van der Waals surface area (Å²) >= 11 is 11.8. The Bertz CT molecular complexity index is 1240. The topological polar surface area (TPSA) is 66.5 Å². The number of amides is 1. The molecule has 0 saturated carbocycles. The predicted molar refractivity (Wildman–Crippen MR) is 128 cm³/mol. The molecule has 0 saturated heterocycles. The highest BCUT2D eigenvalue weighted by atomic mass is 35.5. The maximum atomic E-state index is 13.2. The number of sulfonamides is 1. The quantitative estimate of drug-likeness (QED) is 0.506. The minimum absolute atomic E-state index is 0.188. The number of benzene rings is 3. The number of carbonyl (C=O) groups excluding carboxylic acids is 1. The number of halogens is 2. The fourth-order valence-corrected chi connectivity index (χ4v) is 5.60. The van der Waals surface area contributed by atoms with Gasteiger partial charge >= 0.3 is 0 Å². The van der Waals surface area contributed by atoms with Crippen LogP contribution in [0.4, 0.5) is 5.69 Å². The molecule has 1 aliphatic rings. The zero-order chi connectivity index (χ0) is 22.9. The van der Waals surface area contributed by atoms with E-state index in [1.807, 2.05) is 19.1 Å². The third kappa shape index (κ3) is 4.63. The number of anilines is 1. The van der Waals surface area contributed by atoms with Crippen LogP contribution < -0.4 is 9.62 Å². The number of carbonyl (C=O) groups is 1. The molecule has 3 aromatic carbocycles. The summed E-state index contributed by atoms with van der Waals surface area (Å²) in [4.78, 5) is 13.0.